The Balaban J connectivity index is 1.81. The zero-order valence-corrected chi connectivity index (χ0v) is 22.0. The number of halogens is 1. The number of para-hydroxylation sites is 1. The normalized spacial score (nSPS) is 19.7. The van der Waals surface area contributed by atoms with E-state index in [2.05, 4.69) is 21.2 Å². The van der Waals surface area contributed by atoms with Gasteiger partial charge in [-0.25, -0.2) is 4.79 Å². The van der Waals surface area contributed by atoms with Crippen LogP contribution in [0.2, 0.25) is 0 Å². The Morgan fingerprint density at radius 3 is 2.51 bits per heavy atom. The maximum Gasteiger partial charge on any atom is 0.336 e. The molecular formula is C28H30BrNO5. The number of methoxy groups -OCH3 is 2. The first-order valence-electron chi connectivity index (χ1n) is 11.8. The Morgan fingerprint density at radius 2 is 1.83 bits per heavy atom. The number of nitrogens with one attached hydrogen (secondary N) is 1. The van der Waals surface area contributed by atoms with Gasteiger partial charge in [0.1, 0.15) is 11.5 Å². The average molecular weight is 540 g/mol. The topological polar surface area (TPSA) is 73.9 Å². The second-order valence-electron chi connectivity index (χ2n) is 8.79. The first kappa shape index (κ1) is 25.0. The highest BCUT2D eigenvalue weighted by atomic mass is 79.9. The number of hydrogen-bond donors (Lipinski definition) is 1. The Labute approximate surface area is 214 Å². The molecule has 0 radical (unpaired) electrons. The SMILES string of the molecule is CCCOC(=O)C1=C(C)NC2=C(C(=O)CC(c3ccccc3OC)C2)C1c1ccc(OC)c(Br)c1. The molecule has 2 atom stereocenters. The zero-order chi connectivity index (χ0) is 25.1. The molecule has 6 nitrogen and oxygen atoms in total. The van der Waals surface area contributed by atoms with E-state index in [1.54, 1.807) is 14.2 Å². The number of esters is 1. The van der Waals surface area contributed by atoms with Crippen molar-refractivity contribution in [2.45, 2.75) is 44.9 Å². The number of carbonyl (C=O) groups excluding carboxylic acids is 2. The number of dihydropyridines is 1. The third-order valence-corrected chi connectivity index (χ3v) is 7.19. The quantitative estimate of drug-likeness (QED) is 0.449. The van der Waals surface area contributed by atoms with Crippen molar-refractivity contribution in [1.29, 1.82) is 0 Å². The minimum atomic E-state index is -0.524. The summed E-state index contributed by atoms with van der Waals surface area (Å²) in [6, 6.07) is 13.5. The van der Waals surface area contributed by atoms with Crippen LogP contribution in [-0.2, 0) is 14.3 Å². The Bertz CT molecular complexity index is 1220. The predicted octanol–water partition coefficient (Wildman–Crippen LogP) is 5.78. The summed E-state index contributed by atoms with van der Waals surface area (Å²) in [5.74, 6) is 0.522. The van der Waals surface area contributed by atoms with Crippen LogP contribution < -0.4 is 14.8 Å². The maximum absolute atomic E-state index is 13.7. The number of hydrogen-bond acceptors (Lipinski definition) is 6. The number of allylic oxidation sites excluding steroid dienone is 3. The van der Waals surface area contributed by atoms with Gasteiger partial charge in [0.25, 0.3) is 0 Å². The number of ether oxygens (including phenoxy) is 3. The Hall–Kier alpha value is -3.06. The summed E-state index contributed by atoms with van der Waals surface area (Å²) in [7, 11) is 3.25. The molecule has 2 aromatic carbocycles. The van der Waals surface area contributed by atoms with E-state index < -0.39 is 11.9 Å². The number of ketones is 1. The van der Waals surface area contributed by atoms with E-state index in [4.69, 9.17) is 14.2 Å². The first-order valence-corrected chi connectivity index (χ1v) is 12.6. The monoisotopic (exact) mass is 539 g/mol. The lowest BCUT2D eigenvalue weighted by Crippen LogP contribution is -2.36. The molecule has 1 heterocycles. The summed E-state index contributed by atoms with van der Waals surface area (Å²) in [4.78, 5) is 26.9. The van der Waals surface area contributed by atoms with Crippen LogP contribution in [0, 0.1) is 0 Å². The molecule has 0 fully saturated rings. The van der Waals surface area contributed by atoms with Crippen molar-refractivity contribution in [2.75, 3.05) is 20.8 Å². The molecular weight excluding hydrogens is 510 g/mol. The van der Waals surface area contributed by atoms with E-state index >= 15 is 0 Å². The molecule has 35 heavy (non-hydrogen) atoms. The van der Waals surface area contributed by atoms with Crippen LogP contribution in [0.5, 0.6) is 11.5 Å². The third-order valence-electron chi connectivity index (χ3n) is 6.57. The number of Topliss-reactive ketones (excluding diaryl/α,β-unsaturated/α-hetero) is 1. The summed E-state index contributed by atoms with van der Waals surface area (Å²) in [5, 5.41) is 3.39. The molecule has 0 saturated heterocycles. The van der Waals surface area contributed by atoms with Crippen LogP contribution in [-0.4, -0.2) is 32.6 Å². The molecule has 0 aromatic heterocycles. The summed E-state index contributed by atoms with van der Waals surface area (Å²) in [6.07, 6.45) is 1.70. The van der Waals surface area contributed by atoms with Gasteiger partial charge in [-0.2, -0.15) is 0 Å². The molecule has 2 unspecified atom stereocenters. The van der Waals surface area contributed by atoms with Crippen LogP contribution in [0.4, 0.5) is 0 Å². The lowest BCUT2D eigenvalue weighted by molar-refractivity contribution is -0.139. The van der Waals surface area contributed by atoms with Crippen LogP contribution >= 0.6 is 15.9 Å². The van der Waals surface area contributed by atoms with Gasteiger partial charge in [-0.15, -0.1) is 0 Å². The molecule has 7 heteroatoms. The third kappa shape index (κ3) is 4.87. The zero-order valence-electron chi connectivity index (χ0n) is 20.4. The van der Waals surface area contributed by atoms with E-state index in [9.17, 15) is 9.59 Å². The van der Waals surface area contributed by atoms with Crippen LogP contribution in [0.3, 0.4) is 0 Å². The molecule has 0 saturated carbocycles. The van der Waals surface area contributed by atoms with Gasteiger partial charge >= 0.3 is 5.97 Å². The van der Waals surface area contributed by atoms with Crippen molar-refractivity contribution in [3.05, 3.63) is 80.6 Å². The van der Waals surface area contributed by atoms with Crippen molar-refractivity contribution >= 4 is 27.7 Å². The van der Waals surface area contributed by atoms with Crippen molar-refractivity contribution in [1.82, 2.24) is 5.32 Å². The molecule has 2 aliphatic rings. The molecule has 2 aromatic rings. The van der Waals surface area contributed by atoms with E-state index in [1.807, 2.05) is 56.3 Å². The highest BCUT2D eigenvalue weighted by molar-refractivity contribution is 9.10. The smallest absolute Gasteiger partial charge is 0.336 e. The first-order chi connectivity index (χ1) is 16.9. The van der Waals surface area contributed by atoms with E-state index in [-0.39, 0.29) is 11.7 Å². The van der Waals surface area contributed by atoms with Crippen LogP contribution in [0.15, 0.2) is 69.5 Å². The van der Waals surface area contributed by atoms with Gasteiger partial charge < -0.3 is 19.5 Å². The van der Waals surface area contributed by atoms with Gasteiger partial charge in [0, 0.05) is 35.2 Å². The highest BCUT2D eigenvalue weighted by Gasteiger charge is 2.42. The summed E-state index contributed by atoms with van der Waals surface area (Å²) < 4.78 is 17.3. The maximum atomic E-state index is 13.7. The fraction of sp³-hybridized carbons (Fsp3) is 0.357. The summed E-state index contributed by atoms with van der Waals surface area (Å²) in [5.41, 5.74) is 4.49. The molecule has 1 aliphatic carbocycles. The van der Waals surface area contributed by atoms with Crippen molar-refractivity contribution in [3.8, 4) is 11.5 Å². The lowest BCUT2D eigenvalue weighted by atomic mass is 9.71. The number of rotatable bonds is 7. The second kappa shape index (κ2) is 10.7. The molecule has 1 N–H and O–H groups in total. The van der Waals surface area contributed by atoms with E-state index in [0.717, 1.165) is 33.5 Å². The molecule has 0 spiro atoms. The number of benzene rings is 2. The Kier molecular flexibility index (Phi) is 7.65. The van der Waals surface area contributed by atoms with Gasteiger partial charge in [-0.05, 0) is 65.0 Å². The second-order valence-corrected chi connectivity index (χ2v) is 9.64. The molecule has 1 aliphatic heterocycles. The van der Waals surface area contributed by atoms with E-state index in [1.165, 1.54) is 0 Å². The van der Waals surface area contributed by atoms with Gasteiger partial charge in [0.2, 0.25) is 0 Å². The van der Waals surface area contributed by atoms with Crippen LogP contribution in [0.25, 0.3) is 0 Å². The summed E-state index contributed by atoms with van der Waals surface area (Å²) in [6.45, 7) is 4.15. The summed E-state index contributed by atoms with van der Waals surface area (Å²) >= 11 is 3.56. The van der Waals surface area contributed by atoms with Gasteiger partial charge in [0.05, 0.1) is 30.9 Å². The average Bonchev–Trinajstić information content (AvgIpc) is 2.86. The highest BCUT2D eigenvalue weighted by Crippen LogP contribution is 2.47. The van der Waals surface area contributed by atoms with Crippen LogP contribution in [0.1, 0.15) is 56.1 Å². The van der Waals surface area contributed by atoms with E-state index in [0.29, 0.717) is 42.0 Å². The van der Waals surface area contributed by atoms with Crippen molar-refractivity contribution < 1.29 is 23.8 Å². The molecule has 0 amide bonds. The standard InChI is InChI=1S/C28H30BrNO5/c1-5-12-35-28(32)25-16(2)30-21-14-18(19-8-6-7-9-23(19)33-3)15-22(31)27(21)26(25)17-10-11-24(34-4)20(29)13-17/h6-11,13,18,26,30H,5,12,14-15H2,1-4H3. The Morgan fingerprint density at radius 1 is 1.09 bits per heavy atom. The van der Waals surface area contributed by atoms with Crippen molar-refractivity contribution in [2.24, 2.45) is 0 Å². The molecule has 184 valence electrons. The fourth-order valence-electron chi connectivity index (χ4n) is 5.00. The largest absolute Gasteiger partial charge is 0.496 e. The van der Waals surface area contributed by atoms with Gasteiger partial charge in [0.15, 0.2) is 5.78 Å². The fourth-order valence-corrected chi connectivity index (χ4v) is 5.56. The predicted molar refractivity (Wildman–Crippen MR) is 138 cm³/mol. The number of carbonyl (C=O) groups is 2. The minimum absolute atomic E-state index is 0.0138. The minimum Gasteiger partial charge on any atom is -0.496 e. The van der Waals surface area contributed by atoms with Gasteiger partial charge in [-0.1, -0.05) is 31.2 Å². The van der Waals surface area contributed by atoms with Gasteiger partial charge in [-0.3, -0.25) is 4.79 Å². The van der Waals surface area contributed by atoms with Crippen molar-refractivity contribution in [3.63, 3.8) is 0 Å². The molecule has 0 bridgehead atoms. The lowest BCUT2D eigenvalue weighted by Gasteiger charge is -2.37. The molecule has 4 rings (SSSR count).